The standard InChI is InChI=1S/C14H15F4N/c15-11-1-2-13(14(16,17)18)12(5-11)8-3-9-6-19-7-10(9)4-8/h1-2,5,8-10,19H,3-4,6-7H2/t8?,9-,10+. The molecule has 1 aromatic rings. The molecule has 1 heterocycles. The van der Waals surface area contributed by atoms with Gasteiger partial charge in [-0.2, -0.15) is 13.2 Å². The predicted octanol–water partition coefficient (Wildman–Crippen LogP) is 3.56. The summed E-state index contributed by atoms with van der Waals surface area (Å²) in [6.07, 6.45) is -2.95. The lowest BCUT2D eigenvalue weighted by atomic mass is 9.91. The molecule has 1 saturated heterocycles. The maximum atomic E-state index is 13.3. The highest BCUT2D eigenvalue weighted by atomic mass is 19.4. The van der Waals surface area contributed by atoms with Crippen molar-refractivity contribution < 1.29 is 17.6 Å². The molecule has 0 radical (unpaired) electrons. The molecular weight excluding hydrogens is 258 g/mol. The van der Waals surface area contributed by atoms with Gasteiger partial charge in [0.15, 0.2) is 0 Å². The van der Waals surface area contributed by atoms with Crippen molar-refractivity contribution >= 4 is 0 Å². The van der Waals surface area contributed by atoms with Crippen LogP contribution in [0.25, 0.3) is 0 Å². The van der Waals surface area contributed by atoms with E-state index in [1.54, 1.807) is 0 Å². The molecule has 1 aliphatic heterocycles. The molecule has 0 amide bonds. The van der Waals surface area contributed by atoms with Gasteiger partial charge in [0.25, 0.3) is 0 Å². The van der Waals surface area contributed by atoms with Crippen LogP contribution in [0.2, 0.25) is 0 Å². The van der Waals surface area contributed by atoms with Gasteiger partial charge < -0.3 is 5.32 Å². The molecule has 5 heteroatoms. The summed E-state index contributed by atoms with van der Waals surface area (Å²) in [6.45, 7) is 1.75. The second-order valence-electron chi connectivity index (χ2n) is 5.58. The van der Waals surface area contributed by atoms with Crippen molar-refractivity contribution in [2.24, 2.45) is 11.8 Å². The van der Waals surface area contributed by atoms with Gasteiger partial charge in [0.05, 0.1) is 5.56 Å². The van der Waals surface area contributed by atoms with Crippen LogP contribution in [0.4, 0.5) is 17.6 Å². The summed E-state index contributed by atoms with van der Waals surface area (Å²) in [7, 11) is 0. The predicted molar refractivity (Wildman–Crippen MR) is 63.2 cm³/mol. The molecule has 0 spiro atoms. The van der Waals surface area contributed by atoms with Gasteiger partial charge in [0.1, 0.15) is 5.82 Å². The summed E-state index contributed by atoms with van der Waals surface area (Å²) < 4.78 is 52.3. The minimum atomic E-state index is -4.40. The van der Waals surface area contributed by atoms with Gasteiger partial charge in [0, 0.05) is 0 Å². The fourth-order valence-corrected chi connectivity index (χ4v) is 3.55. The van der Waals surface area contributed by atoms with Crippen LogP contribution in [0.3, 0.4) is 0 Å². The Labute approximate surface area is 109 Å². The van der Waals surface area contributed by atoms with Crippen LogP contribution < -0.4 is 5.32 Å². The highest BCUT2D eigenvalue weighted by Crippen LogP contribution is 2.47. The van der Waals surface area contributed by atoms with E-state index in [1.165, 1.54) is 0 Å². The second-order valence-corrected chi connectivity index (χ2v) is 5.58. The number of nitrogens with one attached hydrogen (secondary N) is 1. The number of rotatable bonds is 1. The van der Waals surface area contributed by atoms with Crippen LogP contribution >= 0.6 is 0 Å². The Morgan fingerprint density at radius 3 is 2.26 bits per heavy atom. The summed E-state index contributed by atoms with van der Waals surface area (Å²) in [5.74, 6) is 0.131. The van der Waals surface area contributed by atoms with E-state index in [1.807, 2.05) is 0 Å². The van der Waals surface area contributed by atoms with Crippen molar-refractivity contribution in [2.45, 2.75) is 24.9 Å². The molecule has 3 atom stereocenters. The SMILES string of the molecule is Fc1ccc(C(F)(F)F)c(C2C[C@H]3CNC[C@H]3C2)c1. The second kappa shape index (κ2) is 4.47. The molecule has 1 unspecified atom stereocenters. The quantitative estimate of drug-likeness (QED) is 0.771. The van der Waals surface area contributed by atoms with Crippen molar-refractivity contribution in [3.05, 3.63) is 35.1 Å². The molecule has 1 nitrogen and oxygen atoms in total. The monoisotopic (exact) mass is 273 g/mol. The van der Waals surface area contributed by atoms with Gasteiger partial charge in [-0.25, -0.2) is 4.39 Å². The Kier molecular flexibility index (Phi) is 3.04. The first-order chi connectivity index (χ1) is 8.95. The third-order valence-corrected chi connectivity index (χ3v) is 4.41. The lowest BCUT2D eigenvalue weighted by Crippen LogP contribution is -2.15. The molecular formula is C14H15F4N. The van der Waals surface area contributed by atoms with Gasteiger partial charge >= 0.3 is 6.18 Å². The number of fused-ring (bicyclic) bond motifs is 1. The lowest BCUT2D eigenvalue weighted by molar-refractivity contribution is -0.138. The van der Waals surface area contributed by atoms with Crippen LogP contribution in [0.15, 0.2) is 18.2 Å². The Balaban J connectivity index is 1.94. The molecule has 0 aromatic heterocycles. The summed E-state index contributed by atoms with van der Waals surface area (Å²) in [5.41, 5.74) is -0.534. The first kappa shape index (κ1) is 12.9. The Morgan fingerprint density at radius 1 is 1.05 bits per heavy atom. The van der Waals surface area contributed by atoms with Gasteiger partial charge in [-0.05, 0) is 67.4 Å². The molecule has 1 N–H and O–H groups in total. The number of alkyl halides is 3. The highest BCUT2D eigenvalue weighted by Gasteiger charge is 2.42. The van der Waals surface area contributed by atoms with Gasteiger partial charge in [-0.15, -0.1) is 0 Å². The average molecular weight is 273 g/mol. The number of benzene rings is 1. The van der Waals surface area contributed by atoms with Crippen molar-refractivity contribution in [3.8, 4) is 0 Å². The molecule has 0 bridgehead atoms. The minimum Gasteiger partial charge on any atom is -0.316 e. The fourth-order valence-electron chi connectivity index (χ4n) is 3.55. The van der Waals surface area contributed by atoms with Crippen molar-refractivity contribution in [2.75, 3.05) is 13.1 Å². The van der Waals surface area contributed by atoms with Crippen molar-refractivity contribution in [3.63, 3.8) is 0 Å². The van der Waals surface area contributed by atoms with E-state index in [2.05, 4.69) is 5.32 Å². The van der Waals surface area contributed by atoms with Crippen LogP contribution in [0, 0.1) is 17.7 Å². The molecule has 104 valence electrons. The fraction of sp³-hybridized carbons (Fsp3) is 0.571. The zero-order valence-corrected chi connectivity index (χ0v) is 10.3. The first-order valence-electron chi connectivity index (χ1n) is 6.52. The summed E-state index contributed by atoms with van der Waals surface area (Å²) in [6, 6.07) is 2.84. The minimum absolute atomic E-state index is 0.141. The zero-order valence-electron chi connectivity index (χ0n) is 10.3. The van der Waals surface area contributed by atoms with Crippen LogP contribution in [0.1, 0.15) is 29.9 Å². The van der Waals surface area contributed by atoms with E-state index < -0.39 is 17.6 Å². The van der Waals surface area contributed by atoms with Crippen LogP contribution in [0.5, 0.6) is 0 Å². The molecule has 2 aliphatic rings. The third kappa shape index (κ3) is 2.36. The summed E-state index contributed by atoms with van der Waals surface area (Å²) >= 11 is 0. The largest absolute Gasteiger partial charge is 0.416 e. The molecule has 1 saturated carbocycles. The zero-order chi connectivity index (χ0) is 13.6. The molecule has 2 fully saturated rings. The summed E-state index contributed by atoms with van der Waals surface area (Å²) in [4.78, 5) is 0. The summed E-state index contributed by atoms with van der Waals surface area (Å²) in [5, 5.41) is 3.26. The third-order valence-electron chi connectivity index (χ3n) is 4.41. The van der Waals surface area contributed by atoms with E-state index in [0.29, 0.717) is 11.8 Å². The number of hydrogen-bond donors (Lipinski definition) is 1. The molecule has 19 heavy (non-hydrogen) atoms. The Morgan fingerprint density at radius 2 is 1.68 bits per heavy atom. The van der Waals surface area contributed by atoms with Crippen LogP contribution in [-0.2, 0) is 6.18 Å². The molecule has 3 rings (SSSR count). The highest BCUT2D eigenvalue weighted by molar-refractivity contribution is 5.34. The first-order valence-corrected chi connectivity index (χ1v) is 6.52. The van der Waals surface area contributed by atoms with Crippen molar-refractivity contribution in [1.29, 1.82) is 0 Å². The number of hydrogen-bond acceptors (Lipinski definition) is 1. The van der Waals surface area contributed by atoms with E-state index in [9.17, 15) is 17.6 Å². The smallest absolute Gasteiger partial charge is 0.316 e. The Bertz CT molecular complexity index is 471. The van der Waals surface area contributed by atoms with E-state index in [4.69, 9.17) is 0 Å². The van der Waals surface area contributed by atoms with Gasteiger partial charge in [0.2, 0.25) is 0 Å². The van der Waals surface area contributed by atoms with E-state index in [0.717, 1.165) is 44.1 Å². The average Bonchev–Trinajstić information content (AvgIpc) is 2.86. The van der Waals surface area contributed by atoms with E-state index in [-0.39, 0.29) is 11.5 Å². The Hall–Kier alpha value is -1.10. The van der Waals surface area contributed by atoms with Crippen molar-refractivity contribution in [1.82, 2.24) is 5.32 Å². The topological polar surface area (TPSA) is 12.0 Å². The number of halogens is 4. The lowest BCUT2D eigenvalue weighted by Gasteiger charge is -2.18. The maximum Gasteiger partial charge on any atom is 0.416 e. The normalized spacial score (nSPS) is 30.6. The molecule has 1 aliphatic carbocycles. The van der Waals surface area contributed by atoms with E-state index >= 15 is 0 Å². The molecule has 1 aromatic carbocycles. The van der Waals surface area contributed by atoms with Crippen LogP contribution in [-0.4, -0.2) is 13.1 Å². The maximum absolute atomic E-state index is 13.3. The van der Waals surface area contributed by atoms with Gasteiger partial charge in [-0.3, -0.25) is 0 Å². The van der Waals surface area contributed by atoms with Gasteiger partial charge in [-0.1, -0.05) is 0 Å².